The van der Waals surface area contributed by atoms with Crippen LogP contribution >= 0.6 is 0 Å². The number of nitrogens with zero attached hydrogens (tertiary/aromatic N) is 1. The largest absolute Gasteiger partial charge is 0.478 e. The first kappa shape index (κ1) is 14.5. The number of H-pyrrole nitrogens is 2. The van der Waals surface area contributed by atoms with E-state index in [1.165, 1.54) is 24.3 Å². The standard InChI is InChI=1S/C10H8N4O6S/c15-7-8(12-13-10(18)11-7)21(19,20)14-6-4-2-1-3-5(6)9(16)17/h1-4,14H,(H,16,17)(H2,11,13,15,18). The number of anilines is 1. The van der Waals surface area contributed by atoms with Crippen LogP contribution in [0, 0.1) is 0 Å². The zero-order chi connectivity index (χ0) is 15.6. The van der Waals surface area contributed by atoms with Crippen molar-refractivity contribution < 1.29 is 18.3 Å². The van der Waals surface area contributed by atoms with Crippen LogP contribution in [0.5, 0.6) is 0 Å². The van der Waals surface area contributed by atoms with Gasteiger partial charge in [-0.15, -0.1) is 0 Å². The number of nitrogens with one attached hydrogen (secondary N) is 3. The molecule has 0 fully saturated rings. The molecule has 0 aliphatic carbocycles. The summed E-state index contributed by atoms with van der Waals surface area (Å²) in [7, 11) is -4.46. The van der Waals surface area contributed by atoms with E-state index >= 15 is 0 Å². The fourth-order valence-electron chi connectivity index (χ4n) is 1.47. The van der Waals surface area contributed by atoms with Gasteiger partial charge in [0.15, 0.2) is 0 Å². The first-order chi connectivity index (χ1) is 9.81. The number of rotatable bonds is 4. The van der Waals surface area contributed by atoms with Crippen molar-refractivity contribution in [2.75, 3.05) is 4.72 Å². The molecule has 110 valence electrons. The summed E-state index contributed by atoms with van der Waals surface area (Å²) in [4.78, 5) is 34.9. The minimum absolute atomic E-state index is 0.239. The molecule has 0 saturated carbocycles. The van der Waals surface area contributed by atoms with Crippen LogP contribution in [-0.4, -0.2) is 34.7 Å². The van der Waals surface area contributed by atoms with Crippen molar-refractivity contribution in [2.45, 2.75) is 5.03 Å². The number of carbonyl (C=O) groups is 1. The highest BCUT2D eigenvalue weighted by atomic mass is 32.2. The molecule has 0 amide bonds. The van der Waals surface area contributed by atoms with Crippen LogP contribution in [0.25, 0.3) is 0 Å². The molecule has 0 aliphatic rings. The molecular weight excluding hydrogens is 304 g/mol. The lowest BCUT2D eigenvalue weighted by molar-refractivity contribution is 0.0698. The fourth-order valence-corrected chi connectivity index (χ4v) is 2.50. The summed E-state index contributed by atoms with van der Waals surface area (Å²) in [5.74, 6) is -1.35. The predicted octanol–water partition coefficient (Wildman–Crippen LogP) is -1.04. The van der Waals surface area contributed by atoms with Gasteiger partial charge in [-0.3, -0.25) is 14.5 Å². The lowest BCUT2D eigenvalue weighted by atomic mass is 10.2. The third kappa shape index (κ3) is 2.97. The van der Waals surface area contributed by atoms with Gasteiger partial charge in [0.1, 0.15) is 0 Å². The Bertz CT molecular complexity index is 913. The van der Waals surface area contributed by atoms with Crippen molar-refractivity contribution in [1.29, 1.82) is 0 Å². The molecule has 11 heteroatoms. The minimum atomic E-state index is -4.46. The first-order valence-electron chi connectivity index (χ1n) is 5.35. The van der Waals surface area contributed by atoms with Crippen molar-refractivity contribution >= 4 is 21.7 Å². The van der Waals surface area contributed by atoms with Gasteiger partial charge < -0.3 is 5.11 Å². The zero-order valence-corrected chi connectivity index (χ0v) is 11.0. The monoisotopic (exact) mass is 312 g/mol. The molecule has 1 aromatic carbocycles. The smallest absolute Gasteiger partial charge is 0.342 e. The third-order valence-electron chi connectivity index (χ3n) is 2.34. The molecule has 0 aliphatic heterocycles. The summed E-state index contributed by atoms with van der Waals surface area (Å²) in [5, 5.41) is 12.9. The van der Waals surface area contributed by atoms with Crippen LogP contribution < -0.4 is 16.0 Å². The van der Waals surface area contributed by atoms with E-state index in [-0.39, 0.29) is 11.3 Å². The topological polar surface area (TPSA) is 162 Å². The number of sulfonamides is 1. The molecular formula is C10H8N4O6S. The van der Waals surface area contributed by atoms with Gasteiger partial charge in [-0.05, 0) is 12.1 Å². The second-order valence-corrected chi connectivity index (χ2v) is 5.37. The first-order valence-corrected chi connectivity index (χ1v) is 6.84. The van der Waals surface area contributed by atoms with E-state index in [0.717, 1.165) is 0 Å². The molecule has 0 saturated heterocycles. The number of hydrogen-bond donors (Lipinski definition) is 4. The number of benzene rings is 1. The van der Waals surface area contributed by atoms with Gasteiger partial charge in [-0.2, -0.15) is 13.5 Å². The minimum Gasteiger partial charge on any atom is -0.478 e. The highest BCUT2D eigenvalue weighted by molar-refractivity contribution is 7.92. The Labute approximate surface area is 116 Å². The van der Waals surface area contributed by atoms with Gasteiger partial charge in [0, 0.05) is 0 Å². The number of aromatic amines is 2. The van der Waals surface area contributed by atoms with E-state index in [9.17, 15) is 22.8 Å². The summed E-state index contributed by atoms with van der Waals surface area (Å²) in [6, 6.07) is 5.22. The average molecular weight is 312 g/mol. The number of aromatic nitrogens is 3. The van der Waals surface area contributed by atoms with Crippen molar-refractivity contribution in [3.05, 3.63) is 50.7 Å². The maximum Gasteiger partial charge on any atom is 0.342 e. The van der Waals surface area contributed by atoms with Crippen molar-refractivity contribution in [3.63, 3.8) is 0 Å². The Morgan fingerprint density at radius 2 is 1.90 bits per heavy atom. The van der Waals surface area contributed by atoms with Crippen molar-refractivity contribution in [3.8, 4) is 0 Å². The Hall–Kier alpha value is -2.95. The van der Waals surface area contributed by atoms with E-state index in [1.54, 1.807) is 10.1 Å². The second-order valence-electron chi connectivity index (χ2n) is 3.77. The molecule has 0 unspecified atom stereocenters. The maximum atomic E-state index is 12.0. The van der Waals surface area contributed by atoms with Gasteiger partial charge >= 0.3 is 11.7 Å². The number of para-hydroxylation sites is 1. The quantitative estimate of drug-likeness (QED) is 0.560. The van der Waals surface area contributed by atoms with Crippen LogP contribution in [0.1, 0.15) is 10.4 Å². The van der Waals surface area contributed by atoms with E-state index in [0.29, 0.717) is 0 Å². The van der Waals surface area contributed by atoms with Crippen LogP contribution in [0.15, 0.2) is 38.9 Å². The van der Waals surface area contributed by atoms with Crippen LogP contribution in [0.3, 0.4) is 0 Å². The number of hydrogen-bond acceptors (Lipinski definition) is 6. The molecule has 0 atom stereocenters. The molecule has 10 nitrogen and oxygen atoms in total. The number of carboxylic acid groups (broad SMARTS) is 1. The zero-order valence-electron chi connectivity index (χ0n) is 10.2. The van der Waals surface area contributed by atoms with Crippen LogP contribution in [-0.2, 0) is 10.0 Å². The summed E-state index contributed by atoms with van der Waals surface area (Å²) >= 11 is 0. The maximum absolute atomic E-state index is 12.0. The molecule has 2 aromatic rings. The van der Waals surface area contributed by atoms with Gasteiger partial charge in [-0.1, -0.05) is 12.1 Å². The summed E-state index contributed by atoms with van der Waals surface area (Å²) in [6.07, 6.45) is 0. The number of aromatic carboxylic acids is 1. The van der Waals surface area contributed by atoms with Crippen molar-refractivity contribution in [1.82, 2.24) is 15.2 Å². The summed E-state index contributed by atoms with van der Waals surface area (Å²) in [5.41, 5.74) is -2.73. The van der Waals surface area contributed by atoms with Gasteiger partial charge in [0.25, 0.3) is 20.6 Å². The van der Waals surface area contributed by atoms with Gasteiger partial charge in [0.05, 0.1) is 11.3 Å². The van der Waals surface area contributed by atoms with E-state index < -0.39 is 32.3 Å². The summed E-state index contributed by atoms with van der Waals surface area (Å²) in [6.45, 7) is 0. The van der Waals surface area contributed by atoms with Gasteiger partial charge in [0.2, 0.25) is 0 Å². The van der Waals surface area contributed by atoms with Crippen molar-refractivity contribution in [2.24, 2.45) is 0 Å². The lowest BCUT2D eigenvalue weighted by Crippen LogP contribution is -2.32. The Balaban J connectivity index is 2.50. The Kier molecular flexibility index (Phi) is 3.58. The second kappa shape index (κ2) is 5.20. The molecule has 21 heavy (non-hydrogen) atoms. The van der Waals surface area contributed by atoms with Gasteiger partial charge in [-0.25, -0.2) is 14.7 Å². The molecule has 1 aromatic heterocycles. The predicted molar refractivity (Wildman–Crippen MR) is 69.7 cm³/mol. The normalized spacial score (nSPS) is 11.0. The lowest BCUT2D eigenvalue weighted by Gasteiger charge is -2.08. The van der Waals surface area contributed by atoms with E-state index in [1.807, 2.05) is 4.72 Å². The molecule has 1 heterocycles. The molecule has 4 N–H and O–H groups in total. The molecule has 0 radical (unpaired) electrons. The SMILES string of the molecule is O=C(O)c1ccccc1NS(=O)(=O)c1n[nH]c(=O)[nH]c1=O. The highest BCUT2D eigenvalue weighted by Crippen LogP contribution is 2.17. The fraction of sp³-hybridized carbons (Fsp3) is 0. The van der Waals surface area contributed by atoms with Crippen LogP contribution in [0.2, 0.25) is 0 Å². The molecule has 0 spiro atoms. The third-order valence-corrected chi connectivity index (χ3v) is 3.61. The highest BCUT2D eigenvalue weighted by Gasteiger charge is 2.23. The Morgan fingerprint density at radius 1 is 1.24 bits per heavy atom. The van der Waals surface area contributed by atoms with E-state index in [4.69, 9.17) is 5.11 Å². The van der Waals surface area contributed by atoms with Crippen LogP contribution in [0.4, 0.5) is 5.69 Å². The number of carboxylic acids is 1. The van der Waals surface area contributed by atoms with E-state index in [2.05, 4.69) is 5.10 Å². The molecule has 0 bridgehead atoms. The molecule has 2 rings (SSSR count). The Morgan fingerprint density at radius 3 is 2.52 bits per heavy atom. The average Bonchev–Trinajstić information content (AvgIpc) is 2.37. The summed E-state index contributed by atoms with van der Waals surface area (Å²) < 4.78 is 25.9.